The quantitative estimate of drug-likeness (QED) is 0.782. The van der Waals surface area contributed by atoms with Crippen LogP contribution in [0.15, 0.2) is 41.6 Å². The Labute approximate surface area is 147 Å². The van der Waals surface area contributed by atoms with E-state index >= 15 is 0 Å². The van der Waals surface area contributed by atoms with Crippen molar-refractivity contribution in [3.63, 3.8) is 0 Å². The third-order valence-electron chi connectivity index (χ3n) is 4.28. The van der Waals surface area contributed by atoms with Crippen LogP contribution >= 0.6 is 11.8 Å². The first-order valence-electron chi connectivity index (χ1n) is 8.51. The summed E-state index contributed by atoms with van der Waals surface area (Å²) in [5.74, 6) is 0.219. The summed E-state index contributed by atoms with van der Waals surface area (Å²) in [6, 6.07) is 8.74. The fourth-order valence-corrected chi connectivity index (χ4v) is 3.87. The van der Waals surface area contributed by atoms with Crippen molar-refractivity contribution in [3.05, 3.63) is 42.2 Å². The van der Waals surface area contributed by atoms with Crippen molar-refractivity contribution in [2.45, 2.75) is 49.3 Å². The summed E-state index contributed by atoms with van der Waals surface area (Å²) in [6.45, 7) is 5.96. The van der Waals surface area contributed by atoms with Gasteiger partial charge in [0.1, 0.15) is 0 Å². The van der Waals surface area contributed by atoms with Gasteiger partial charge in [-0.05, 0) is 30.5 Å². The highest BCUT2D eigenvalue weighted by atomic mass is 32.2. The van der Waals surface area contributed by atoms with Crippen LogP contribution in [0, 0.1) is 0 Å². The van der Waals surface area contributed by atoms with Crippen molar-refractivity contribution in [1.82, 2.24) is 19.9 Å². The topological polar surface area (TPSA) is 51.0 Å². The molecule has 6 heteroatoms. The summed E-state index contributed by atoms with van der Waals surface area (Å²) in [6.07, 6.45) is 5.98. The fourth-order valence-electron chi connectivity index (χ4n) is 3.04. The van der Waals surface area contributed by atoms with Crippen LogP contribution in [-0.4, -0.2) is 44.1 Å². The standard InChI is InChI=1S/C18H24N4OS/c1-14(2)24-17-5-3-15(4-6-17)13-18(23)21-10-7-16(8-11-21)22-12-9-19-20-22/h3-6,9,12,14,16H,7-8,10-11,13H2,1-2H3. The number of hydrogen-bond acceptors (Lipinski definition) is 4. The number of amides is 1. The van der Waals surface area contributed by atoms with E-state index in [9.17, 15) is 4.79 Å². The molecule has 0 aliphatic carbocycles. The van der Waals surface area contributed by atoms with Gasteiger partial charge in [-0.25, -0.2) is 4.68 Å². The van der Waals surface area contributed by atoms with Crippen LogP contribution in [0.2, 0.25) is 0 Å². The lowest BCUT2D eigenvalue weighted by Crippen LogP contribution is -2.40. The van der Waals surface area contributed by atoms with Gasteiger partial charge in [0.05, 0.1) is 18.7 Å². The van der Waals surface area contributed by atoms with E-state index < -0.39 is 0 Å². The molecule has 128 valence electrons. The molecule has 0 N–H and O–H groups in total. The number of aromatic nitrogens is 3. The Kier molecular flexibility index (Phi) is 5.56. The van der Waals surface area contributed by atoms with Crippen LogP contribution in [-0.2, 0) is 11.2 Å². The van der Waals surface area contributed by atoms with Crippen LogP contribution < -0.4 is 0 Å². The first-order chi connectivity index (χ1) is 11.6. The number of benzene rings is 1. The van der Waals surface area contributed by atoms with Crippen LogP contribution in [0.3, 0.4) is 0 Å². The van der Waals surface area contributed by atoms with Crippen LogP contribution in [0.5, 0.6) is 0 Å². The minimum absolute atomic E-state index is 0.219. The van der Waals surface area contributed by atoms with E-state index in [2.05, 4.69) is 48.4 Å². The van der Waals surface area contributed by atoms with E-state index in [0.29, 0.717) is 17.7 Å². The van der Waals surface area contributed by atoms with Gasteiger partial charge in [0, 0.05) is 29.4 Å². The second-order valence-electron chi connectivity index (χ2n) is 6.48. The monoisotopic (exact) mass is 344 g/mol. The number of carbonyl (C=O) groups is 1. The van der Waals surface area contributed by atoms with Gasteiger partial charge in [-0.1, -0.05) is 31.2 Å². The first kappa shape index (κ1) is 17.0. The molecular formula is C18H24N4OS. The van der Waals surface area contributed by atoms with Crippen molar-refractivity contribution in [2.24, 2.45) is 0 Å². The number of rotatable bonds is 5. The van der Waals surface area contributed by atoms with Gasteiger partial charge < -0.3 is 4.90 Å². The predicted octanol–water partition coefficient (Wildman–Crippen LogP) is 3.18. The fraction of sp³-hybridized carbons (Fsp3) is 0.500. The Balaban J connectivity index is 1.50. The lowest BCUT2D eigenvalue weighted by Gasteiger charge is -2.32. The van der Waals surface area contributed by atoms with Crippen molar-refractivity contribution in [2.75, 3.05) is 13.1 Å². The van der Waals surface area contributed by atoms with Gasteiger partial charge in [0.25, 0.3) is 0 Å². The molecule has 0 bridgehead atoms. The molecule has 0 spiro atoms. The Morgan fingerprint density at radius 3 is 2.54 bits per heavy atom. The number of hydrogen-bond donors (Lipinski definition) is 0. The molecule has 0 radical (unpaired) electrons. The summed E-state index contributed by atoms with van der Waals surface area (Å²) in [5.41, 5.74) is 1.09. The van der Waals surface area contributed by atoms with Gasteiger partial charge in [0.2, 0.25) is 5.91 Å². The third-order valence-corrected chi connectivity index (χ3v) is 5.30. The zero-order chi connectivity index (χ0) is 16.9. The minimum Gasteiger partial charge on any atom is -0.342 e. The van der Waals surface area contributed by atoms with Crippen molar-refractivity contribution in [1.29, 1.82) is 0 Å². The van der Waals surface area contributed by atoms with E-state index in [0.717, 1.165) is 31.5 Å². The van der Waals surface area contributed by atoms with Gasteiger partial charge in [-0.15, -0.1) is 16.9 Å². The highest BCUT2D eigenvalue weighted by Crippen LogP contribution is 2.24. The maximum atomic E-state index is 12.5. The molecule has 24 heavy (non-hydrogen) atoms. The van der Waals surface area contributed by atoms with Crippen molar-refractivity contribution < 1.29 is 4.79 Å². The lowest BCUT2D eigenvalue weighted by molar-refractivity contribution is -0.131. The summed E-state index contributed by atoms with van der Waals surface area (Å²) in [7, 11) is 0. The zero-order valence-corrected chi connectivity index (χ0v) is 15.1. The summed E-state index contributed by atoms with van der Waals surface area (Å²) >= 11 is 1.84. The van der Waals surface area contributed by atoms with Gasteiger partial charge >= 0.3 is 0 Å². The summed E-state index contributed by atoms with van der Waals surface area (Å²) in [5, 5.41) is 8.50. The van der Waals surface area contributed by atoms with Crippen LogP contribution in [0.1, 0.15) is 38.3 Å². The Bertz CT molecular complexity index is 646. The molecule has 0 saturated carbocycles. The Morgan fingerprint density at radius 2 is 1.96 bits per heavy atom. The molecule has 0 atom stereocenters. The SMILES string of the molecule is CC(C)Sc1ccc(CC(=O)N2CCC(n3ccnn3)CC2)cc1. The molecule has 3 rings (SSSR count). The molecule has 1 aliphatic rings. The number of carbonyl (C=O) groups excluding carboxylic acids is 1. The molecule has 5 nitrogen and oxygen atoms in total. The predicted molar refractivity (Wildman–Crippen MR) is 96.0 cm³/mol. The van der Waals surface area contributed by atoms with Gasteiger partial charge in [0.15, 0.2) is 0 Å². The molecular weight excluding hydrogens is 320 g/mol. The minimum atomic E-state index is 0.219. The molecule has 1 saturated heterocycles. The molecule has 2 heterocycles. The molecule has 1 fully saturated rings. The average Bonchev–Trinajstić information content (AvgIpc) is 3.11. The van der Waals surface area contributed by atoms with Crippen LogP contribution in [0.25, 0.3) is 0 Å². The van der Waals surface area contributed by atoms with E-state index in [-0.39, 0.29) is 5.91 Å². The molecule has 0 unspecified atom stereocenters. The average molecular weight is 344 g/mol. The Morgan fingerprint density at radius 1 is 1.25 bits per heavy atom. The van der Waals surface area contributed by atoms with E-state index in [4.69, 9.17) is 0 Å². The van der Waals surface area contributed by atoms with Crippen LogP contribution in [0.4, 0.5) is 0 Å². The second kappa shape index (κ2) is 7.83. The lowest BCUT2D eigenvalue weighted by atomic mass is 10.0. The second-order valence-corrected chi connectivity index (χ2v) is 8.13. The number of nitrogens with zero attached hydrogens (tertiary/aromatic N) is 4. The van der Waals surface area contributed by atoms with Gasteiger partial charge in [-0.2, -0.15) is 0 Å². The van der Waals surface area contributed by atoms with E-state index in [1.807, 2.05) is 27.5 Å². The number of thioether (sulfide) groups is 1. The normalized spacial score (nSPS) is 15.9. The summed E-state index contributed by atoms with van der Waals surface area (Å²) in [4.78, 5) is 15.7. The number of likely N-dealkylation sites (tertiary alicyclic amines) is 1. The number of piperidine rings is 1. The Hall–Kier alpha value is -1.82. The molecule has 1 aromatic carbocycles. The largest absolute Gasteiger partial charge is 0.342 e. The van der Waals surface area contributed by atoms with Gasteiger partial charge in [-0.3, -0.25) is 4.79 Å². The highest BCUT2D eigenvalue weighted by molar-refractivity contribution is 7.99. The first-order valence-corrected chi connectivity index (χ1v) is 9.39. The molecule has 1 aliphatic heterocycles. The van der Waals surface area contributed by atoms with Crippen molar-refractivity contribution in [3.8, 4) is 0 Å². The summed E-state index contributed by atoms with van der Waals surface area (Å²) < 4.78 is 1.91. The zero-order valence-electron chi connectivity index (χ0n) is 14.3. The van der Waals surface area contributed by atoms with E-state index in [1.165, 1.54) is 4.90 Å². The van der Waals surface area contributed by atoms with Crippen molar-refractivity contribution >= 4 is 17.7 Å². The smallest absolute Gasteiger partial charge is 0.226 e. The maximum absolute atomic E-state index is 12.5. The third kappa shape index (κ3) is 4.38. The molecule has 2 aromatic rings. The highest BCUT2D eigenvalue weighted by Gasteiger charge is 2.24. The molecule has 1 amide bonds. The molecule has 1 aromatic heterocycles. The van der Waals surface area contributed by atoms with E-state index in [1.54, 1.807) is 6.20 Å². The maximum Gasteiger partial charge on any atom is 0.226 e.